The second kappa shape index (κ2) is 4.18. The first-order valence-corrected chi connectivity index (χ1v) is 6.13. The number of nitrogen functional groups attached to an aromatic ring is 1. The van der Waals surface area contributed by atoms with Gasteiger partial charge in [-0.05, 0) is 18.2 Å². The summed E-state index contributed by atoms with van der Waals surface area (Å²) in [7, 11) is 1.86. The van der Waals surface area contributed by atoms with Gasteiger partial charge in [-0.2, -0.15) is 11.8 Å². The predicted octanol–water partition coefficient (Wildman–Crippen LogP) is 1.17. The van der Waals surface area contributed by atoms with E-state index < -0.39 is 0 Å². The molecule has 1 aliphatic rings. The number of hydrogen-bond donors (Lipinski definition) is 2. The zero-order valence-electron chi connectivity index (χ0n) is 8.69. The molecule has 4 nitrogen and oxygen atoms in total. The summed E-state index contributed by atoms with van der Waals surface area (Å²) in [5.74, 6) is 2.22. The van der Waals surface area contributed by atoms with Crippen LogP contribution in [0.4, 0.5) is 5.69 Å². The van der Waals surface area contributed by atoms with E-state index in [4.69, 9.17) is 5.73 Å². The fraction of sp³-hybridized carbons (Fsp3) is 0.500. The van der Waals surface area contributed by atoms with E-state index in [-0.39, 0.29) is 5.91 Å². The van der Waals surface area contributed by atoms with Crippen LogP contribution in [0.1, 0.15) is 16.9 Å². The molecule has 0 spiro atoms. The molecule has 0 saturated carbocycles. The number of carbonyl (C=O) groups is 1. The second-order valence-corrected chi connectivity index (χ2v) is 4.93. The standard InChI is InChI=1S/C10H15N3OS/c1-13(8-2-3-15-6-8)10(14)9-4-7(11)5-12-9/h4-5,8,12H,2-3,6,11H2,1H3. The van der Waals surface area contributed by atoms with Crippen LogP contribution in [0.2, 0.25) is 0 Å². The number of thioether (sulfide) groups is 1. The minimum absolute atomic E-state index is 0.0270. The number of nitrogens with one attached hydrogen (secondary N) is 1. The molecule has 82 valence electrons. The summed E-state index contributed by atoms with van der Waals surface area (Å²) < 4.78 is 0. The van der Waals surface area contributed by atoms with Crippen LogP contribution in [0, 0.1) is 0 Å². The summed E-state index contributed by atoms with van der Waals surface area (Å²) in [6.07, 6.45) is 2.73. The molecule has 1 fully saturated rings. The van der Waals surface area contributed by atoms with E-state index >= 15 is 0 Å². The van der Waals surface area contributed by atoms with E-state index in [9.17, 15) is 4.79 Å². The SMILES string of the molecule is CN(C(=O)c1cc(N)c[nH]1)C1CCSC1. The van der Waals surface area contributed by atoms with Gasteiger partial charge >= 0.3 is 0 Å². The molecule has 5 heteroatoms. The summed E-state index contributed by atoms with van der Waals surface area (Å²) in [5.41, 5.74) is 6.74. The van der Waals surface area contributed by atoms with Crippen LogP contribution in [-0.2, 0) is 0 Å². The molecule has 0 aromatic carbocycles. The second-order valence-electron chi connectivity index (χ2n) is 3.78. The highest BCUT2D eigenvalue weighted by molar-refractivity contribution is 7.99. The van der Waals surface area contributed by atoms with E-state index in [1.807, 2.05) is 23.7 Å². The van der Waals surface area contributed by atoms with Crippen molar-refractivity contribution in [1.82, 2.24) is 9.88 Å². The van der Waals surface area contributed by atoms with Gasteiger partial charge < -0.3 is 15.6 Å². The molecular formula is C10H15N3OS. The highest BCUT2D eigenvalue weighted by Gasteiger charge is 2.25. The molecule has 2 rings (SSSR count). The number of anilines is 1. The van der Waals surface area contributed by atoms with Gasteiger partial charge in [0.1, 0.15) is 5.69 Å². The Morgan fingerprint density at radius 2 is 2.53 bits per heavy atom. The Hall–Kier alpha value is -1.10. The first-order valence-electron chi connectivity index (χ1n) is 4.97. The first-order chi connectivity index (χ1) is 7.18. The number of amides is 1. The highest BCUT2D eigenvalue weighted by Crippen LogP contribution is 2.22. The quantitative estimate of drug-likeness (QED) is 0.794. The molecule has 1 amide bonds. The Morgan fingerprint density at radius 1 is 1.73 bits per heavy atom. The lowest BCUT2D eigenvalue weighted by molar-refractivity contribution is 0.0742. The van der Waals surface area contributed by atoms with Gasteiger partial charge in [0, 0.05) is 30.7 Å². The van der Waals surface area contributed by atoms with Gasteiger partial charge in [0.25, 0.3) is 5.91 Å². The van der Waals surface area contributed by atoms with Gasteiger partial charge in [0.2, 0.25) is 0 Å². The summed E-state index contributed by atoms with van der Waals surface area (Å²) in [5, 5.41) is 0. The molecular weight excluding hydrogens is 210 g/mol. The molecule has 1 saturated heterocycles. The van der Waals surface area contributed by atoms with E-state index in [2.05, 4.69) is 4.98 Å². The topological polar surface area (TPSA) is 62.1 Å². The van der Waals surface area contributed by atoms with Crippen LogP contribution in [0.3, 0.4) is 0 Å². The zero-order chi connectivity index (χ0) is 10.8. The minimum Gasteiger partial charge on any atom is -0.397 e. The zero-order valence-corrected chi connectivity index (χ0v) is 9.51. The number of nitrogens with zero attached hydrogens (tertiary/aromatic N) is 1. The highest BCUT2D eigenvalue weighted by atomic mass is 32.2. The Balaban J connectivity index is 2.06. The summed E-state index contributed by atoms with van der Waals surface area (Å²) >= 11 is 1.90. The average molecular weight is 225 g/mol. The van der Waals surface area contributed by atoms with Crippen LogP contribution in [0.15, 0.2) is 12.3 Å². The van der Waals surface area contributed by atoms with Crippen molar-refractivity contribution in [3.05, 3.63) is 18.0 Å². The van der Waals surface area contributed by atoms with E-state index in [0.29, 0.717) is 17.4 Å². The Labute approximate surface area is 93.2 Å². The van der Waals surface area contributed by atoms with Crippen molar-refractivity contribution < 1.29 is 4.79 Å². The van der Waals surface area contributed by atoms with Gasteiger partial charge in [-0.3, -0.25) is 4.79 Å². The molecule has 0 radical (unpaired) electrons. The molecule has 15 heavy (non-hydrogen) atoms. The molecule has 3 N–H and O–H groups in total. The fourth-order valence-corrected chi connectivity index (χ4v) is 2.99. The fourth-order valence-electron chi connectivity index (χ4n) is 1.72. The van der Waals surface area contributed by atoms with Crippen molar-refractivity contribution >= 4 is 23.4 Å². The van der Waals surface area contributed by atoms with Crippen molar-refractivity contribution in [2.24, 2.45) is 0 Å². The average Bonchev–Trinajstić information content (AvgIpc) is 2.85. The predicted molar refractivity (Wildman–Crippen MR) is 63.0 cm³/mol. The molecule has 0 bridgehead atoms. The largest absolute Gasteiger partial charge is 0.397 e. The van der Waals surface area contributed by atoms with Crippen LogP contribution >= 0.6 is 11.8 Å². The minimum atomic E-state index is 0.0270. The van der Waals surface area contributed by atoms with E-state index in [1.54, 1.807) is 12.3 Å². The molecule has 1 aromatic rings. The summed E-state index contributed by atoms with van der Waals surface area (Å²) in [4.78, 5) is 16.7. The molecule has 1 aromatic heterocycles. The van der Waals surface area contributed by atoms with E-state index in [0.717, 1.165) is 17.9 Å². The Bertz CT molecular complexity index is 357. The number of hydrogen-bond acceptors (Lipinski definition) is 3. The molecule has 2 heterocycles. The van der Waals surface area contributed by atoms with Gasteiger partial charge in [0.05, 0.1) is 0 Å². The van der Waals surface area contributed by atoms with Gasteiger partial charge in [-0.25, -0.2) is 0 Å². The lowest BCUT2D eigenvalue weighted by Gasteiger charge is -2.23. The van der Waals surface area contributed by atoms with Crippen molar-refractivity contribution in [2.75, 3.05) is 24.3 Å². The maximum absolute atomic E-state index is 12.0. The van der Waals surface area contributed by atoms with Crippen molar-refractivity contribution in [2.45, 2.75) is 12.5 Å². The lowest BCUT2D eigenvalue weighted by Crippen LogP contribution is -2.37. The number of carbonyl (C=O) groups excluding carboxylic acids is 1. The third-order valence-electron chi connectivity index (χ3n) is 2.71. The molecule has 0 aliphatic carbocycles. The number of H-pyrrole nitrogens is 1. The van der Waals surface area contributed by atoms with Crippen LogP contribution < -0.4 is 5.73 Å². The molecule has 1 unspecified atom stereocenters. The Kier molecular flexibility index (Phi) is 2.90. The third kappa shape index (κ3) is 2.12. The maximum Gasteiger partial charge on any atom is 0.270 e. The molecule has 1 aliphatic heterocycles. The van der Waals surface area contributed by atoms with Crippen molar-refractivity contribution in [3.8, 4) is 0 Å². The Morgan fingerprint density at radius 3 is 3.07 bits per heavy atom. The number of rotatable bonds is 2. The number of nitrogens with two attached hydrogens (primary N) is 1. The van der Waals surface area contributed by atoms with Crippen LogP contribution in [0.25, 0.3) is 0 Å². The number of aromatic amines is 1. The summed E-state index contributed by atoms with van der Waals surface area (Å²) in [6, 6.07) is 2.05. The molecule has 1 atom stereocenters. The monoisotopic (exact) mass is 225 g/mol. The lowest BCUT2D eigenvalue weighted by atomic mass is 10.2. The van der Waals surface area contributed by atoms with Crippen LogP contribution in [-0.4, -0.2) is 40.4 Å². The summed E-state index contributed by atoms with van der Waals surface area (Å²) in [6.45, 7) is 0. The van der Waals surface area contributed by atoms with Crippen LogP contribution in [0.5, 0.6) is 0 Å². The van der Waals surface area contributed by atoms with Crippen molar-refractivity contribution in [3.63, 3.8) is 0 Å². The smallest absolute Gasteiger partial charge is 0.270 e. The third-order valence-corrected chi connectivity index (χ3v) is 3.85. The normalized spacial score (nSPS) is 20.5. The van der Waals surface area contributed by atoms with Gasteiger partial charge in [-0.1, -0.05) is 0 Å². The van der Waals surface area contributed by atoms with Crippen molar-refractivity contribution in [1.29, 1.82) is 0 Å². The maximum atomic E-state index is 12.0. The van der Waals surface area contributed by atoms with E-state index in [1.165, 1.54) is 0 Å². The van der Waals surface area contributed by atoms with Gasteiger partial charge in [0.15, 0.2) is 0 Å². The number of aromatic nitrogens is 1. The van der Waals surface area contributed by atoms with Gasteiger partial charge in [-0.15, -0.1) is 0 Å². The first kappa shape index (κ1) is 10.4.